The molecule has 1 saturated heterocycles. The highest BCUT2D eigenvalue weighted by atomic mass is 19.1. The summed E-state index contributed by atoms with van der Waals surface area (Å²) >= 11 is 0. The lowest BCUT2D eigenvalue weighted by molar-refractivity contribution is 0.0574. The highest BCUT2D eigenvalue weighted by Gasteiger charge is 2.24. The quantitative estimate of drug-likeness (QED) is 0.823. The van der Waals surface area contributed by atoms with Gasteiger partial charge in [0.25, 0.3) is 0 Å². The van der Waals surface area contributed by atoms with Gasteiger partial charge in [-0.25, -0.2) is 9.37 Å². The van der Waals surface area contributed by atoms with E-state index >= 15 is 0 Å². The third-order valence-electron chi connectivity index (χ3n) is 4.83. The van der Waals surface area contributed by atoms with Crippen LogP contribution in [0.3, 0.4) is 0 Å². The summed E-state index contributed by atoms with van der Waals surface area (Å²) < 4.78 is 18.9. The summed E-state index contributed by atoms with van der Waals surface area (Å²) in [6, 6.07) is 12.6. The SMILES string of the molecule is CN(CC(O)COc1ccccc1F)C1CCN(c2ccccn2)CC1. The van der Waals surface area contributed by atoms with Crippen molar-refractivity contribution in [1.82, 2.24) is 9.88 Å². The van der Waals surface area contributed by atoms with Gasteiger partial charge in [-0.1, -0.05) is 18.2 Å². The maximum atomic E-state index is 13.5. The second-order valence-electron chi connectivity index (χ2n) is 6.74. The molecule has 0 spiro atoms. The Kier molecular flexibility index (Phi) is 6.41. The van der Waals surface area contributed by atoms with Crippen LogP contribution in [-0.2, 0) is 0 Å². The molecule has 6 heteroatoms. The van der Waals surface area contributed by atoms with E-state index in [9.17, 15) is 9.50 Å². The van der Waals surface area contributed by atoms with E-state index in [0.29, 0.717) is 12.6 Å². The number of para-hydroxylation sites is 1. The van der Waals surface area contributed by atoms with Crippen LogP contribution in [0.15, 0.2) is 48.7 Å². The summed E-state index contributed by atoms with van der Waals surface area (Å²) in [5.41, 5.74) is 0. The molecule has 1 atom stereocenters. The van der Waals surface area contributed by atoms with Crippen LogP contribution in [0.1, 0.15) is 12.8 Å². The molecule has 5 nitrogen and oxygen atoms in total. The number of ether oxygens (including phenoxy) is 1. The van der Waals surface area contributed by atoms with Crippen molar-refractivity contribution in [3.8, 4) is 5.75 Å². The number of piperidine rings is 1. The van der Waals surface area contributed by atoms with E-state index in [0.717, 1.165) is 31.7 Å². The van der Waals surface area contributed by atoms with Gasteiger partial charge in [0.15, 0.2) is 11.6 Å². The van der Waals surface area contributed by atoms with Crippen LogP contribution in [0, 0.1) is 5.82 Å². The van der Waals surface area contributed by atoms with Crippen molar-refractivity contribution in [3.63, 3.8) is 0 Å². The third kappa shape index (κ3) is 4.93. The average Bonchev–Trinajstić information content (AvgIpc) is 2.68. The Morgan fingerprint density at radius 2 is 1.96 bits per heavy atom. The Labute approximate surface area is 154 Å². The largest absolute Gasteiger partial charge is 0.488 e. The van der Waals surface area contributed by atoms with Crippen LogP contribution >= 0.6 is 0 Å². The molecule has 1 unspecified atom stereocenters. The molecule has 1 aromatic heterocycles. The Hall–Kier alpha value is -2.18. The second-order valence-corrected chi connectivity index (χ2v) is 6.74. The van der Waals surface area contributed by atoms with Gasteiger partial charge in [-0.15, -0.1) is 0 Å². The number of aliphatic hydroxyl groups excluding tert-OH is 1. The van der Waals surface area contributed by atoms with E-state index < -0.39 is 11.9 Å². The predicted molar refractivity (Wildman–Crippen MR) is 100 cm³/mol. The zero-order valence-corrected chi connectivity index (χ0v) is 15.1. The number of likely N-dealkylation sites (N-methyl/N-ethyl adjacent to an activating group) is 1. The Morgan fingerprint density at radius 1 is 1.23 bits per heavy atom. The molecule has 0 aliphatic carbocycles. The molecule has 26 heavy (non-hydrogen) atoms. The highest BCUT2D eigenvalue weighted by molar-refractivity contribution is 5.38. The van der Waals surface area contributed by atoms with Gasteiger partial charge in [-0.3, -0.25) is 0 Å². The van der Waals surface area contributed by atoms with Crippen molar-refractivity contribution in [2.24, 2.45) is 0 Å². The molecule has 2 aromatic rings. The van der Waals surface area contributed by atoms with Crippen LogP contribution < -0.4 is 9.64 Å². The summed E-state index contributed by atoms with van der Waals surface area (Å²) in [6.45, 7) is 2.49. The number of nitrogens with zero attached hydrogens (tertiary/aromatic N) is 3. The average molecular weight is 359 g/mol. The van der Waals surface area contributed by atoms with Crippen molar-refractivity contribution in [3.05, 3.63) is 54.5 Å². The summed E-state index contributed by atoms with van der Waals surface area (Å²) in [7, 11) is 2.02. The summed E-state index contributed by atoms with van der Waals surface area (Å²) in [4.78, 5) is 8.87. The van der Waals surface area contributed by atoms with Crippen LogP contribution in [-0.4, -0.2) is 60.4 Å². The number of aromatic nitrogens is 1. The maximum absolute atomic E-state index is 13.5. The number of halogens is 1. The molecule has 0 amide bonds. The van der Waals surface area contributed by atoms with Crippen molar-refractivity contribution in [2.75, 3.05) is 38.2 Å². The smallest absolute Gasteiger partial charge is 0.165 e. The summed E-state index contributed by atoms with van der Waals surface area (Å²) in [5.74, 6) is 0.791. The number of rotatable bonds is 7. The maximum Gasteiger partial charge on any atom is 0.165 e. The standard InChI is InChI=1S/C20H26FN3O2/c1-23(14-17(25)15-26-19-7-3-2-6-18(19)21)16-9-12-24(13-10-16)20-8-4-5-11-22-20/h2-8,11,16-17,25H,9-10,12-15H2,1H3. The minimum absolute atomic E-state index is 0.0814. The molecule has 1 fully saturated rings. The predicted octanol–water partition coefficient (Wildman–Crippen LogP) is 2.56. The molecular weight excluding hydrogens is 333 g/mol. The normalized spacial score (nSPS) is 16.7. The van der Waals surface area contributed by atoms with E-state index in [1.54, 1.807) is 18.2 Å². The van der Waals surface area contributed by atoms with Crippen LogP contribution in [0.4, 0.5) is 10.2 Å². The number of hydrogen-bond acceptors (Lipinski definition) is 5. The molecule has 3 rings (SSSR count). The second kappa shape index (κ2) is 8.96. The van der Waals surface area contributed by atoms with E-state index in [-0.39, 0.29) is 12.4 Å². The van der Waals surface area contributed by atoms with Crippen LogP contribution in [0.25, 0.3) is 0 Å². The molecule has 1 aromatic carbocycles. The van der Waals surface area contributed by atoms with Crippen molar-refractivity contribution >= 4 is 5.82 Å². The van der Waals surface area contributed by atoms with Gasteiger partial charge in [0.2, 0.25) is 0 Å². The monoisotopic (exact) mass is 359 g/mol. The first kappa shape index (κ1) is 18.6. The first-order valence-corrected chi connectivity index (χ1v) is 9.05. The number of pyridine rings is 1. The lowest BCUT2D eigenvalue weighted by Crippen LogP contribution is -2.46. The minimum Gasteiger partial charge on any atom is -0.488 e. The van der Waals surface area contributed by atoms with Gasteiger partial charge in [-0.05, 0) is 44.2 Å². The van der Waals surface area contributed by atoms with Gasteiger partial charge in [0.1, 0.15) is 18.5 Å². The Bertz CT molecular complexity index is 678. The van der Waals surface area contributed by atoms with Gasteiger partial charge in [0, 0.05) is 31.9 Å². The zero-order valence-electron chi connectivity index (χ0n) is 15.1. The van der Waals surface area contributed by atoms with E-state index in [2.05, 4.69) is 14.8 Å². The van der Waals surface area contributed by atoms with Gasteiger partial charge in [0.05, 0.1) is 0 Å². The number of aliphatic hydroxyl groups is 1. The molecule has 140 valence electrons. The first-order chi connectivity index (χ1) is 12.6. The summed E-state index contributed by atoms with van der Waals surface area (Å²) in [5, 5.41) is 10.2. The molecule has 1 aliphatic heterocycles. The van der Waals surface area contributed by atoms with Crippen LogP contribution in [0.5, 0.6) is 5.75 Å². The molecular formula is C20H26FN3O2. The van der Waals surface area contributed by atoms with Gasteiger partial charge < -0.3 is 19.6 Å². The lowest BCUT2D eigenvalue weighted by Gasteiger charge is -2.37. The van der Waals surface area contributed by atoms with E-state index in [4.69, 9.17) is 4.74 Å². The molecule has 1 aliphatic rings. The van der Waals surface area contributed by atoms with Crippen molar-refractivity contribution < 1.29 is 14.2 Å². The number of benzene rings is 1. The Morgan fingerprint density at radius 3 is 2.65 bits per heavy atom. The number of hydrogen-bond donors (Lipinski definition) is 1. The zero-order chi connectivity index (χ0) is 18.4. The fraction of sp³-hybridized carbons (Fsp3) is 0.450. The molecule has 2 heterocycles. The van der Waals surface area contributed by atoms with Crippen LogP contribution in [0.2, 0.25) is 0 Å². The first-order valence-electron chi connectivity index (χ1n) is 9.05. The van der Waals surface area contributed by atoms with Crippen molar-refractivity contribution in [1.29, 1.82) is 0 Å². The van der Waals surface area contributed by atoms with E-state index in [1.165, 1.54) is 6.07 Å². The topological polar surface area (TPSA) is 48.8 Å². The van der Waals surface area contributed by atoms with Gasteiger partial charge >= 0.3 is 0 Å². The fourth-order valence-corrected chi connectivity index (χ4v) is 3.36. The fourth-order valence-electron chi connectivity index (χ4n) is 3.36. The Balaban J connectivity index is 1.42. The molecule has 0 radical (unpaired) electrons. The molecule has 0 saturated carbocycles. The summed E-state index contributed by atoms with van der Waals surface area (Å²) in [6.07, 6.45) is 3.20. The molecule has 0 bridgehead atoms. The third-order valence-corrected chi connectivity index (χ3v) is 4.83. The molecule has 1 N–H and O–H groups in total. The minimum atomic E-state index is -0.659. The van der Waals surface area contributed by atoms with Gasteiger partial charge in [-0.2, -0.15) is 0 Å². The lowest BCUT2D eigenvalue weighted by atomic mass is 10.0. The van der Waals surface area contributed by atoms with Crippen molar-refractivity contribution in [2.45, 2.75) is 25.0 Å². The highest BCUT2D eigenvalue weighted by Crippen LogP contribution is 2.20. The number of anilines is 1. The van der Waals surface area contributed by atoms with E-state index in [1.807, 2.05) is 31.4 Å².